The Kier molecular flexibility index (Phi) is 4.00. The molecule has 1 heterocycles. The van der Waals surface area contributed by atoms with Crippen LogP contribution >= 0.6 is 28.1 Å². The average molecular weight is 361 g/mol. The Hall–Kier alpha value is -1.39. The number of thiocarbonyl (C=S) groups is 1. The lowest BCUT2D eigenvalue weighted by Crippen LogP contribution is -2.34. The van der Waals surface area contributed by atoms with Crippen LogP contribution in [0.4, 0.5) is 11.4 Å². The summed E-state index contributed by atoms with van der Waals surface area (Å²) < 4.78 is 1.03. The molecule has 1 unspecified atom stereocenters. The molecule has 2 aromatic rings. The summed E-state index contributed by atoms with van der Waals surface area (Å²) in [4.78, 5) is 2.80. The summed E-state index contributed by atoms with van der Waals surface area (Å²) in [5.74, 6) is 0. The fourth-order valence-corrected chi connectivity index (χ4v) is 3.49. The van der Waals surface area contributed by atoms with Gasteiger partial charge in [-0.3, -0.25) is 0 Å². The van der Waals surface area contributed by atoms with Crippen molar-refractivity contribution in [3.8, 4) is 0 Å². The number of fused-ring (bicyclic) bond motifs is 1. The first-order valence-electron chi connectivity index (χ1n) is 7.04. The molecular formula is C17H17BrN2S. The Morgan fingerprint density at radius 1 is 1.24 bits per heavy atom. The Labute approximate surface area is 139 Å². The first-order chi connectivity index (χ1) is 10.1. The molecule has 21 heavy (non-hydrogen) atoms. The number of para-hydroxylation sites is 1. The lowest BCUT2D eigenvalue weighted by atomic mass is 9.95. The van der Waals surface area contributed by atoms with Crippen molar-refractivity contribution in [2.45, 2.75) is 25.8 Å². The average Bonchev–Trinajstić information content (AvgIpc) is 2.46. The van der Waals surface area contributed by atoms with Gasteiger partial charge in [0.2, 0.25) is 0 Å². The first-order valence-corrected chi connectivity index (χ1v) is 8.24. The number of nitrogens with two attached hydrogens (primary N) is 1. The number of aryl methyl sites for hydroxylation is 1. The predicted octanol–water partition coefficient (Wildman–Crippen LogP) is 4.56. The van der Waals surface area contributed by atoms with E-state index in [-0.39, 0.29) is 0 Å². The summed E-state index contributed by atoms with van der Waals surface area (Å²) in [7, 11) is 0. The van der Waals surface area contributed by atoms with Gasteiger partial charge in [0.1, 0.15) is 4.99 Å². The highest BCUT2D eigenvalue weighted by Crippen LogP contribution is 2.39. The summed E-state index contributed by atoms with van der Waals surface area (Å²) >= 11 is 8.80. The van der Waals surface area contributed by atoms with Gasteiger partial charge in [-0.05, 0) is 49.6 Å². The molecule has 2 aromatic carbocycles. The van der Waals surface area contributed by atoms with E-state index in [0.717, 1.165) is 28.6 Å². The highest BCUT2D eigenvalue weighted by molar-refractivity contribution is 9.10. The number of halogens is 1. The number of nitrogens with zero attached hydrogens (tertiary/aromatic N) is 1. The molecule has 0 fully saturated rings. The van der Waals surface area contributed by atoms with Crippen LogP contribution in [-0.2, 0) is 6.42 Å². The Morgan fingerprint density at radius 3 is 2.76 bits per heavy atom. The molecule has 0 aliphatic carbocycles. The predicted molar refractivity (Wildman–Crippen MR) is 96.4 cm³/mol. The van der Waals surface area contributed by atoms with Gasteiger partial charge in [0.25, 0.3) is 0 Å². The first kappa shape index (κ1) is 14.5. The van der Waals surface area contributed by atoms with E-state index in [2.05, 4.69) is 58.1 Å². The third kappa shape index (κ3) is 2.70. The molecule has 4 heteroatoms. The third-order valence-electron chi connectivity index (χ3n) is 4.01. The van der Waals surface area contributed by atoms with Crippen LogP contribution < -0.4 is 10.6 Å². The van der Waals surface area contributed by atoms with E-state index < -0.39 is 0 Å². The van der Waals surface area contributed by atoms with Crippen LogP contribution in [-0.4, -0.2) is 11.0 Å². The van der Waals surface area contributed by atoms with Gasteiger partial charge in [0.05, 0.1) is 5.69 Å². The summed E-state index contributed by atoms with van der Waals surface area (Å²) in [5, 5.41) is 0. The number of benzene rings is 2. The fourth-order valence-electron chi connectivity index (χ4n) is 2.97. The van der Waals surface area contributed by atoms with Crippen LogP contribution in [0.1, 0.15) is 24.5 Å². The Morgan fingerprint density at radius 2 is 2.00 bits per heavy atom. The molecule has 1 atom stereocenters. The van der Waals surface area contributed by atoms with Crippen molar-refractivity contribution in [1.29, 1.82) is 0 Å². The molecule has 0 amide bonds. The zero-order chi connectivity index (χ0) is 15.0. The van der Waals surface area contributed by atoms with Gasteiger partial charge in [-0.1, -0.05) is 46.3 Å². The topological polar surface area (TPSA) is 29.3 Å². The Bertz CT molecular complexity index is 699. The van der Waals surface area contributed by atoms with Crippen LogP contribution in [0.2, 0.25) is 0 Å². The highest BCUT2D eigenvalue weighted by Gasteiger charge is 2.26. The van der Waals surface area contributed by atoms with E-state index in [0.29, 0.717) is 11.0 Å². The normalized spacial score (nSPS) is 17.4. The van der Waals surface area contributed by atoms with Crippen molar-refractivity contribution >= 4 is 44.5 Å². The fraction of sp³-hybridized carbons (Fsp3) is 0.235. The standard InChI is InChI=1S/C17H17BrN2S/c1-11-6-7-12-4-2-3-5-15(12)20(11)16-10-13(18)8-9-14(16)17(19)21/h2-5,8-11H,6-7H2,1H3,(H2,19,21). The summed E-state index contributed by atoms with van der Waals surface area (Å²) in [6.45, 7) is 2.25. The minimum atomic E-state index is 0.419. The lowest BCUT2D eigenvalue weighted by Gasteiger charge is -2.38. The van der Waals surface area contributed by atoms with Crippen LogP contribution in [0.5, 0.6) is 0 Å². The molecule has 108 valence electrons. The minimum Gasteiger partial charge on any atom is -0.389 e. The second kappa shape index (κ2) is 5.78. The van der Waals surface area contributed by atoms with Crippen LogP contribution in [0.15, 0.2) is 46.9 Å². The van der Waals surface area contributed by atoms with Gasteiger partial charge < -0.3 is 10.6 Å². The van der Waals surface area contributed by atoms with E-state index in [4.69, 9.17) is 18.0 Å². The highest BCUT2D eigenvalue weighted by atomic mass is 79.9. The molecule has 3 rings (SSSR count). The third-order valence-corrected chi connectivity index (χ3v) is 4.72. The molecular weight excluding hydrogens is 344 g/mol. The van der Waals surface area contributed by atoms with E-state index in [1.165, 1.54) is 11.3 Å². The summed E-state index contributed by atoms with van der Waals surface area (Å²) in [5.41, 5.74) is 10.6. The second-order valence-electron chi connectivity index (χ2n) is 5.41. The molecule has 0 spiro atoms. The molecule has 0 saturated heterocycles. The second-order valence-corrected chi connectivity index (χ2v) is 6.77. The molecule has 0 aromatic heterocycles. The van der Waals surface area contributed by atoms with Crippen LogP contribution in [0, 0.1) is 0 Å². The monoisotopic (exact) mass is 360 g/mol. The largest absolute Gasteiger partial charge is 0.389 e. The van der Waals surface area contributed by atoms with E-state index in [1.54, 1.807) is 0 Å². The molecule has 1 aliphatic heterocycles. The van der Waals surface area contributed by atoms with Crippen molar-refractivity contribution in [2.75, 3.05) is 4.90 Å². The molecule has 0 bridgehead atoms. The van der Waals surface area contributed by atoms with Gasteiger partial charge in [0, 0.05) is 21.8 Å². The number of anilines is 2. The van der Waals surface area contributed by atoms with Crippen LogP contribution in [0.3, 0.4) is 0 Å². The molecule has 2 N–H and O–H groups in total. The van der Waals surface area contributed by atoms with Gasteiger partial charge in [-0.25, -0.2) is 0 Å². The van der Waals surface area contributed by atoms with Crippen molar-refractivity contribution in [3.05, 3.63) is 58.1 Å². The molecule has 1 aliphatic rings. The molecule has 0 radical (unpaired) electrons. The maximum Gasteiger partial charge on any atom is 0.106 e. The smallest absolute Gasteiger partial charge is 0.106 e. The zero-order valence-electron chi connectivity index (χ0n) is 11.8. The number of hydrogen-bond donors (Lipinski definition) is 1. The minimum absolute atomic E-state index is 0.419. The van der Waals surface area contributed by atoms with Gasteiger partial charge in [0.15, 0.2) is 0 Å². The van der Waals surface area contributed by atoms with Gasteiger partial charge in [-0.15, -0.1) is 0 Å². The Balaban J connectivity index is 2.20. The number of rotatable bonds is 2. The van der Waals surface area contributed by atoms with Crippen molar-refractivity contribution in [3.63, 3.8) is 0 Å². The van der Waals surface area contributed by atoms with E-state index in [9.17, 15) is 0 Å². The van der Waals surface area contributed by atoms with Crippen molar-refractivity contribution < 1.29 is 0 Å². The van der Waals surface area contributed by atoms with Crippen molar-refractivity contribution in [2.24, 2.45) is 5.73 Å². The zero-order valence-corrected chi connectivity index (χ0v) is 14.2. The van der Waals surface area contributed by atoms with Crippen LogP contribution in [0.25, 0.3) is 0 Å². The van der Waals surface area contributed by atoms with Gasteiger partial charge in [-0.2, -0.15) is 0 Å². The number of hydrogen-bond acceptors (Lipinski definition) is 2. The SMILES string of the molecule is CC1CCc2ccccc2N1c1cc(Br)ccc1C(N)=S. The van der Waals surface area contributed by atoms with E-state index >= 15 is 0 Å². The quantitative estimate of drug-likeness (QED) is 0.796. The summed E-state index contributed by atoms with van der Waals surface area (Å²) in [6.07, 6.45) is 2.24. The van der Waals surface area contributed by atoms with Gasteiger partial charge >= 0.3 is 0 Å². The maximum absolute atomic E-state index is 5.93. The molecule has 2 nitrogen and oxygen atoms in total. The lowest BCUT2D eigenvalue weighted by molar-refractivity contribution is 0.618. The molecule has 0 saturated carbocycles. The maximum atomic E-state index is 5.93. The summed E-state index contributed by atoms with van der Waals surface area (Å²) in [6, 6.07) is 15.1. The van der Waals surface area contributed by atoms with Crippen molar-refractivity contribution in [1.82, 2.24) is 0 Å². The van der Waals surface area contributed by atoms with E-state index in [1.807, 2.05) is 12.1 Å².